The lowest BCUT2D eigenvalue weighted by Crippen LogP contribution is -2.29. The van der Waals surface area contributed by atoms with Gasteiger partial charge in [-0.1, -0.05) is 20.8 Å². The third-order valence-electron chi connectivity index (χ3n) is 4.14. The molecule has 150 valence electrons. The number of hydrogen-bond donors (Lipinski definition) is 1. The molecule has 1 unspecified atom stereocenters. The van der Waals surface area contributed by atoms with Crippen LogP contribution >= 0.6 is 0 Å². The number of carbonyl (C=O) groups is 2. The number of hydrogen-bond acceptors (Lipinski definition) is 6. The topological polar surface area (TPSA) is 83.1 Å². The first-order chi connectivity index (χ1) is 12.8. The smallest absolute Gasteiger partial charge is 0.344 e. The zero-order valence-corrected chi connectivity index (χ0v) is 16.7. The van der Waals surface area contributed by atoms with Gasteiger partial charge in [0.25, 0.3) is 0 Å². The van der Waals surface area contributed by atoms with Crippen molar-refractivity contribution in [2.45, 2.75) is 53.2 Å². The van der Waals surface area contributed by atoms with E-state index in [1.807, 2.05) is 0 Å². The summed E-state index contributed by atoms with van der Waals surface area (Å²) in [6.45, 7) is 7.90. The fourth-order valence-electron chi connectivity index (χ4n) is 2.60. The quantitative estimate of drug-likeness (QED) is 0.758. The van der Waals surface area contributed by atoms with Crippen molar-refractivity contribution in [3.63, 3.8) is 0 Å². The first kappa shape index (κ1) is 21.0. The lowest BCUT2D eigenvalue weighted by atomic mass is 9.95. The van der Waals surface area contributed by atoms with Crippen molar-refractivity contribution in [1.29, 1.82) is 0 Å². The zero-order valence-electron chi connectivity index (χ0n) is 16.7. The van der Waals surface area contributed by atoms with E-state index in [2.05, 4.69) is 5.32 Å². The molecule has 7 nitrogen and oxygen atoms in total. The molecule has 1 aliphatic rings. The number of rotatable bonds is 6. The van der Waals surface area contributed by atoms with Gasteiger partial charge in [0.2, 0.25) is 5.91 Å². The lowest BCUT2D eigenvalue weighted by Gasteiger charge is -2.26. The van der Waals surface area contributed by atoms with Crippen LogP contribution in [-0.4, -0.2) is 38.5 Å². The highest BCUT2D eigenvalue weighted by atomic mass is 16.7. The molecule has 0 saturated carbocycles. The molecule has 1 amide bonds. The van der Waals surface area contributed by atoms with Crippen molar-refractivity contribution in [3.05, 3.63) is 17.7 Å². The Morgan fingerprint density at radius 2 is 2.00 bits per heavy atom. The van der Waals surface area contributed by atoms with Gasteiger partial charge in [0.1, 0.15) is 5.56 Å². The standard InChI is InChI=1S/C20H29NO6/c1-6-25-18(22)16-13(21-19(23)20(2,3)4)10-11-14(24-5)17(16)27-15-9-7-8-12-26-15/h10-11,15H,6-9,12H2,1-5H3,(H,21,23). The molecule has 1 aliphatic heterocycles. The highest BCUT2D eigenvalue weighted by molar-refractivity contribution is 6.05. The van der Waals surface area contributed by atoms with Crippen LogP contribution in [-0.2, 0) is 14.3 Å². The maximum Gasteiger partial charge on any atom is 0.344 e. The number of ether oxygens (including phenoxy) is 4. The fourth-order valence-corrected chi connectivity index (χ4v) is 2.60. The van der Waals surface area contributed by atoms with E-state index >= 15 is 0 Å². The van der Waals surface area contributed by atoms with Crippen molar-refractivity contribution in [1.82, 2.24) is 0 Å². The molecule has 1 saturated heterocycles. The second-order valence-electron chi connectivity index (χ2n) is 7.36. The molecule has 7 heteroatoms. The van der Waals surface area contributed by atoms with Crippen LogP contribution < -0.4 is 14.8 Å². The lowest BCUT2D eigenvalue weighted by molar-refractivity contribution is -0.123. The highest BCUT2D eigenvalue weighted by Crippen LogP contribution is 2.39. The first-order valence-electron chi connectivity index (χ1n) is 9.25. The van der Waals surface area contributed by atoms with Crippen LogP contribution in [0, 0.1) is 5.41 Å². The number of carbonyl (C=O) groups excluding carboxylic acids is 2. The maximum atomic E-state index is 12.7. The molecule has 1 aromatic carbocycles. The number of esters is 1. The Hall–Kier alpha value is -2.28. The van der Waals surface area contributed by atoms with Crippen molar-refractivity contribution < 1.29 is 28.5 Å². The first-order valence-corrected chi connectivity index (χ1v) is 9.25. The van der Waals surface area contributed by atoms with Gasteiger partial charge < -0.3 is 24.3 Å². The van der Waals surface area contributed by atoms with Crippen LogP contribution in [0.25, 0.3) is 0 Å². The van der Waals surface area contributed by atoms with Crippen LogP contribution in [0.1, 0.15) is 57.3 Å². The fraction of sp³-hybridized carbons (Fsp3) is 0.600. The van der Waals surface area contributed by atoms with Gasteiger partial charge >= 0.3 is 5.97 Å². The van der Waals surface area contributed by atoms with Crippen LogP contribution in [0.5, 0.6) is 11.5 Å². The van der Waals surface area contributed by atoms with Gasteiger partial charge in [0, 0.05) is 11.8 Å². The van der Waals surface area contributed by atoms with E-state index in [0.29, 0.717) is 24.5 Å². The highest BCUT2D eigenvalue weighted by Gasteiger charge is 2.29. The molecule has 0 spiro atoms. The molecule has 2 rings (SSSR count). The van der Waals surface area contributed by atoms with Crippen molar-refractivity contribution in [2.24, 2.45) is 5.41 Å². The Morgan fingerprint density at radius 3 is 2.56 bits per heavy atom. The Morgan fingerprint density at radius 1 is 1.26 bits per heavy atom. The maximum absolute atomic E-state index is 12.7. The Kier molecular flexibility index (Phi) is 7.07. The molecule has 0 aliphatic carbocycles. The molecule has 1 fully saturated rings. The summed E-state index contributed by atoms with van der Waals surface area (Å²) in [6, 6.07) is 3.27. The minimum atomic E-state index is -0.626. The summed E-state index contributed by atoms with van der Waals surface area (Å²) in [7, 11) is 1.49. The normalized spacial score (nSPS) is 17.1. The molecule has 1 N–H and O–H groups in total. The van der Waals surface area contributed by atoms with Crippen molar-refractivity contribution in [2.75, 3.05) is 25.6 Å². The molecular formula is C20H29NO6. The van der Waals surface area contributed by atoms with Crippen LogP contribution in [0.2, 0.25) is 0 Å². The predicted octanol–water partition coefficient (Wildman–Crippen LogP) is 3.76. The van der Waals surface area contributed by atoms with Gasteiger partial charge in [-0.2, -0.15) is 0 Å². The molecule has 27 heavy (non-hydrogen) atoms. The molecule has 0 radical (unpaired) electrons. The molecule has 0 bridgehead atoms. The van der Waals surface area contributed by atoms with Crippen LogP contribution in [0.4, 0.5) is 5.69 Å². The number of nitrogens with one attached hydrogen (secondary N) is 1. The Labute approximate surface area is 160 Å². The summed E-state index contributed by atoms with van der Waals surface area (Å²) < 4.78 is 22.2. The van der Waals surface area contributed by atoms with Gasteiger partial charge in [-0.3, -0.25) is 4.79 Å². The van der Waals surface area contributed by atoms with E-state index in [1.54, 1.807) is 39.8 Å². The van der Waals surface area contributed by atoms with E-state index in [0.717, 1.165) is 12.8 Å². The van der Waals surface area contributed by atoms with Crippen molar-refractivity contribution >= 4 is 17.6 Å². The van der Waals surface area contributed by atoms with Gasteiger partial charge in [0.05, 0.1) is 26.0 Å². The van der Waals surface area contributed by atoms with Gasteiger partial charge in [-0.25, -0.2) is 4.79 Å². The van der Waals surface area contributed by atoms with E-state index < -0.39 is 17.7 Å². The number of methoxy groups -OCH3 is 1. The minimum Gasteiger partial charge on any atom is -0.493 e. The average Bonchev–Trinajstić information content (AvgIpc) is 2.62. The predicted molar refractivity (Wildman–Crippen MR) is 101 cm³/mol. The molecule has 1 aromatic rings. The van der Waals surface area contributed by atoms with E-state index in [4.69, 9.17) is 18.9 Å². The van der Waals surface area contributed by atoms with Crippen LogP contribution in [0.15, 0.2) is 12.1 Å². The van der Waals surface area contributed by atoms with Crippen molar-refractivity contribution in [3.8, 4) is 11.5 Å². The molecule has 1 heterocycles. The SMILES string of the molecule is CCOC(=O)c1c(NC(=O)C(C)(C)C)ccc(OC)c1OC1CCCCO1. The monoisotopic (exact) mass is 379 g/mol. The second-order valence-corrected chi connectivity index (χ2v) is 7.36. The summed E-state index contributed by atoms with van der Waals surface area (Å²) in [5.74, 6) is -0.222. The second kappa shape index (κ2) is 9.08. The Bertz CT molecular complexity index is 674. The largest absolute Gasteiger partial charge is 0.493 e. The molecule has 1 atom stereocenters. The third kappa shape index (κ3) is 5.35. The van der Waals surface area contributed by atoms with E-state index in [1.165, 1.54) is 7.11 Å². The van der Waals surface area contributed by atoms with Gasteiger partial charge in [-0.15, -0.1) is 0 Å². The summed E-state index contributed by atoms with van der Waals surface area (Å²) >= 11 is 0. The third-order valence-corrected chi connectivity index (χ3v) is 4.14. The number of amides is 1. The average molecular weight is 379 g/mol. The van der Waals surface area contributed by atoms with Gasteiger partial charge in [0.15, 0.2) is 17.8 Å². The summed E-state index contributed by atoms with van der Waals surface area (Å²) in [5, 5.41) is 2.80. The van der Waals surface area contributed by atoms with E-state index in [9.17, 15) is 9.59 Å². The molecular weight excluding hydrogens is 350 g/mol. The zero-order chi connectivity index (χ0) is 20.0. The van der Waals surface area contributed by atoms with E-state index in [-0.39, 0.29) is 23.8 Å². The van der Waals surface area contributed by atoms with Crippen LogP contribution in [0.3, 0.4) is 0 Å². The number of anilines is 1. The van der Waals surface area contributed by atoms with Gasteiger partial charge in [-0.05, 0) is 31.9 Å². The summed E-state index contributed by atoms with van der Waals surface area (Å²) in [4.78, 5) is 25.1. The Balaban J connectivity index is 2.47. The molecule has 0 aromatic heterocycles. The summed E-state index contributed by atoms with van der Waals surface area (Å²) in [5.41, 5.74) is -0.178. The summed E-state index contributed by atoms with van der Waals surface area (Å²) in [6.07, 6.45) is 2.18. The number of benzene rings is 1. The minimum absolute atomic E-state index is 0.128.